The largest absolute Gasteiger partial charge is 0.346 e. The SMILES string of the molecule is CCCCCCCCCCCCCCCCCCCC(=O)[C@@H](NC(=O)CCCC)[C@@H](C)CC. The van der Waals surface area contributed by atoms with Gasteiger partial charge in [-0.25, -0.2) is 0 Å². The summed E-state index contributed by atoms with van der Waals surface area (Å²) >= 11 is 0. The Morgan fingerprint density at radius 2 is 0.939 bits per heavy atom. The van der Waals surface area contributed by atoms with E-state index in [0.717, 1.165) is 32.1 Å². The van der Waals surface area contributed by atoms with Gasteiger partial charge in [-0.15, -0.1) is 0 Å². The second-order valence-electron chi connectivity index (χ2n) is 10.4. The summed E-state index contributed by atoms with van der Waals surface area (Å²) in [4.78, 5) is 24.8. The van der Waals surface area contributed by atoms with Crippen LogP contribution in [0, 0.1) is 5.92 Å². The van der Waals surface area contributed by atoms with Gasteiger partial charge in [0.2, 0.25) is 5.91 Å². The summed E-state index contributed by atoms with van der Waals surface area (Å²) in [5, 5.41) is 3.02. The fourth-order valence-corrected chi connectivity index (χ4v) is 4.54. The fourth-order valence-electron chi connectivity index (χ4n) is 4.54. The Labute approximate surface area is 207 Å². The van der Waals surface area contributed by atoms with Crippen LogP contribution in [0.25, 0.3) is 0 Å². The number of nitrogens with one attached hydrogen (secondary N) is 1. The number of hydrogen-bond donors (Lipinski definition) is 1. The molecule has 0 radical (unpaired) electrons. The molecule has 0 aliphatic rings. The molecule has 0 spiro atoms. The van der Waals surface area contributed by atoms with Crippen LogP contribution in [0.3, 0.4) is 0 Å². The Hall–Kier alpha value is -0.860. The van der Waals surface area contributed by atoms with E-state index in [4.69, 9.17) is 0 Å². The van der Waals surface area contributed by atoms with E-state index in [1.54, 1.807) is 0 Å². The molecule has 3 nitrogen and oxygen atoms in total. The van der Waals surface area contributed by atoms with Crippen LogP contribution in [0.2, 0.25) is 0 Å². The maximum Gasteiger partial charge on any atom is 0.220 e. The monoisotopic (exact) mass is 465 g/mol. The minimum Gasteiger partial charge on any atom is -0.346 e. The van der Waals surface area contributed by atoms with Crippen LogP contribution in [-0.4, -0.2) is 17.7 Å². The molecule has 0 aromatic rings. The number of amides is 1. The number of ketones is 1. The van der Waals surface area contributed by atoms with Gasteiger partial charge in [0.05, 0.1) is 6.04 Å². The average molecular weight is 466 g/mol. The molecule has 1 amide bonds. The molecule has 0 bridgehead atoms. The van der Waals surface area contributed by atoms with Crippen LogP contribution >= 0.6 is 0 Å². The summed E-state index contributed by atoms with van der Waals surface area (Å²) in [6.07, 6.45) is 26.9. The molecule has 0 aromatic carbocycles. The van der Waals surface area contributed by atoms with Gasteiger partial charge in [0.1, 0.15) is 0 Å². The molecule has 196 valence electrons. The molecule has 0 aliphatic carbocycles. The van der Waals surface area contributed by atoms with E-state index >= 15 is 0 Å². The number of hydrogen-bond acceptors (Lipinski definition) is 2. The number of carbonyl (C=O) groups is 2. The van der Waals surface area contributed by atoms with Gasteiger partial charge in [-0.05, 0) is 18.8 Å². The lowest BCUT2D eigenvalue weighted by Gasteiger charge is -2.23. The summed E-state index contributed by atoms with van der Waals surface area (Å²) in [6.45, 7) is 8.55. The molecule has 2 atom stereocenters. The summed E-state index contributed by atoms with van der Waals surface area (Å²) in [5.74, 6) is 0.488. The molecular weight excluding hydrogens is 406 g/mol. The third kappa shape index (κ3) is 20.2. The Balaban J connectivity index is 3.62. The highest BCUT2D eigenvalue weighted by atomic mass is 16.2. The van der Waals surface area contributed by atoms with Gasteiger partial charge in [0.25, 0.3) is 0 Å². The lowest BCUT2D eigenvalue weighted by Crippen LogP contribution is -2.45. The number of unbranched alkanes of at least 4 members (excludes halogenated alkanes) is 17. The van der Waals surface area contributed by atoms with E-state index in [1.807, 2.05) is 0 Å². The summed E-state index contributed by atoms with van der Waals surface area (Å²) in [6, 6.07) is -0.291. The molecule has 0 saturated carbocycles. The fraction of sp³-hybridized carbons (Fsp3) is 0.933. The third-order valence-electron chi connectivity index (χ3n) is 7.16. The van der Waals surface area contributed by atoms with E-state index < -0.39 is 0 Å². The first-order valence-corrected chi connectivity index (χ1v) is 14.9. The van der Waals surface area contributed by atoms with E-state index in [9.17, 15) is 9.59 Å². The van der Waals surface area contributed by atoms with Gasteiger partial charge in [-0.1, -0.05) is 143 Å². The maximum absolute atomic E-state index is 12.7. The standard InChI is InChI=1S/C30H59NO2/c1-5-8-10-11-12-13-14-15-16-17-18-19-20-21-22-23-24-25-28(32)30(27(4)7-3)31-29(33)26-9-6-2/h27,30H,5-26H2,1-4H3,(H,31,33)/t27-,30-/m0/s1. The number of carbonyl (C=O) groups excluding carboxylic acids is 2. The molecule has 0 aromatic heterocycles. The van der Waals surface area contributed by atoms with E-state index in [1.165, 1.54) is 96.3 Å². The zero-order valence-corrected chi connectivity index (χ0v) is 23.0. The minimum atomic E-state index is -0.291. The summed E-state index contributed by atoms with van der Waals surface area (Å²) < 4.78 is 0. The lowest BCUT2D eigenvalue weighted by atomic mass is 9.92. The summed E-state index contributed by atoms with van der Waals surface area (Å²) in [5.41, 5.74) is 0. The van der Waals surface area contributed by atoms with Crippen LogP contribution < -0.4 is 5.32 Å². The van der Waals surface area contributed by atoms with Crippen molar-refractivity contribution in [2.45, 2.75) is 175 Å². The third-order valence-corrected chi connectivity index (χ3v) is 7.16. The molecule has 0 saturated heterocycles. The van der Waals surface area contributed by atoms with Gasteiger partial charge in [0, 0.05) is 12.8 Å². The van der Waals surface area contributed by atoms with Crippen molar-refractivity contribution in [3.8, 4) is 0 Å². The van der Waals surface area contributed by atoms with Crippen molar-refractivity contribution in [2.75, 3.05) is 0 Å². The van der Waals surface area contributed by atoms with Crippen molar-refractivity contribution in [2.24, 2.45) is 5.92 Å². The number of rotatable bonds is 25. The molecule has 0 unspecified atom stereocenters. The van der Waals surface area contributed by atoms with Crippen LogP contribution in [-0.2, 0) is 9.59 Å². The Morgan fingerprint density at radius 1 is 0.545 bits per heavy atom. The van der Waals surface area contributed by atoms with Crippen molar-refractivity contribution in [1.29, 1.82) is 0 Å². The maximum atomic E-state index is 12.7. The predicted octanol–water partition coefficient (Wildman–Crippen LogP) is 9.32. The first kappa shape index (κ1) is 32.1. The van der Waals surface area contributed by atoms with Crippen LogP contribution in [0.15, 0.2) is 0 Å². The Kier molecular flexibility index (Phi) is 23.6. The Morgan fingerprint density at radius 3 is 1.33 bits per heavy atom. The molecular formula is C30H59NO2. The van der Waals surface area contributed by atoms with E-state index in [2.05, 4.69) is 33.0 Å². The first-order chi connectivity index (χ1) is 16.1. The topological polar surface area (TPSA) is 46.2 Å². The van der Waals surface area contributed by atoms with Crippen molar-refractivity contribution in [1.82, 2.24) is 5.32 Å². The van der Waals surface area contributed by atoms with E-state index in [-0.39, 0.29) is 23.7 Å². The lowest BCUT2D eigenvalue weighted by molar-refractivity contribution is -0.129. The van der Waals surface area contributed by atoms with Crippen molar-refractivity contribution in [3.05, 3.63) is 0 Å². The smallest absolute Gasteiger partial charge is 0.220 e. The second-order valence-corrected chi connectivity index (χ2v) is 10.4. The quantitative estimate of drug-likeness (QED) is 0.136. The van der Waals surface area contributed by atoms with Crippen molar-refractivity contribution >= 4 is 11.7 Å². The van der Waals surface area contributed by atoms with Crippen LogP contribution in [0.5, 0.6) is 0 Å². The van der Waals surface area contributed by atoms with Crippen molar-refractivity contribution in [3.63, 3.8) is 0 Å². The predicted molar refractivity (Wildman–Crippen MR) is 145 cm³/mol. The van der Waals surface area contributed by atoms with Gasteiger partial charge in [-0.2, -0.15) is 0 Å². The molecule has 3 heteroatoms. The highest BCUT2D eigenvalue weighted by Crippen LogP contribution is 2.16. The zero-order valence-electron chi connectivity index (χ0n) is 23.0. The van der Waals surface area contributed by atoms with Gasteiger partial charge >= 0.3 is 0 Å². The zero-order chi connectivity index (χ0) is 24.6. The van der Waals surface area contributed by atoms with Crippen LogP contribution in [0.4, 0.5) is 0 Å². The second kappa shape index (κ2) is 24.3. The molecule has 0 rings (SSSR count). The molecule has 0 heterocycles. The molecule has 0 fully saturated rings. The molecule has 33 heavy (non-hydrogen) atoms. The van der Waals surface area contributed by atoms with Crippen molar-refractivity contribution < 1.29 is 9.59 Å². The minimum absolute atomic E-state index is 0.0397. The normalized spacial score (nSPS) is 13.1. The number of Topliss-reactive ketones (excluding diaryl/α,β-unsaturated/α-hetero) is 1. The average Bonchev–Trinajstić information content (AvgIpc) is 2.82. The highest BCUT2D eigenvalue weighted by Gasteiger charge is 2.24. The van der Waals surface area contributed by atoms with E-state index in [0.29, 0.717) is 12.8 Å². The molecule has 0 aliphatic heterocycles. The highest BCUT2D eigenvalue weighted by molar-refractivity contribution is 5.89. The Bertz CT molecular complexity index is 449. The van der Waals surface area contributed by atoms with Gasteiger partial charge < -0.3 is 5.32 Å². The first-order valence-electron chi connectivity index (χ1n) is 14.9. The summed E-state index contributed by atoms with van der Waals surface area (Å²) in [7, 11) is 0. The van der Waals surface area contributed by atoms with Gasteiger partial charge in [-0.3, -0.25) is 9.59 Å². The van der Waals surface area contributed by atoms with Crippen LogP contribution in [0.1, 0.15) is 169 Å². The molecule has 1 N–H and O–H groups in total. The van der Waals surface area contributed by atoms with Gasteiger partial charge in [0.15, 0.2) is 5.78 Å².